The molecule has 2 aliphatic heterocycles. The fourth-order valence-electron chi connectivity index (χ4n) is 3.64. The van der Waals surface area contributed by atoms with Gasteiger partial charge in [0.25, 0.3) is 0 Å². The van der Waals surface area contributed by atoms with E-state index >= 15 is 0 Å². The molecule has 5 heteroatoms. The second kappa shape index (κ2) is 5.81. The van der Waals surface area contributed by atoms with Gasteiger partial charge in [0.15, 0.2) is 0 Å². The third-order valence-electron chi connectivity index (χ3n) is 4.96. The van der Waals surface area contributed by atoms with Crippen LogP contribution in [0.25, 0.3) is 0 Å². The Kier molecular flexibility index (Phi) is 4.04. The van der Waals surface area contributed by atoms with E-state index in [2.05, 4.69) is 22.9 Å². The maximum atomic E-state index is 5.91. The molecule has 2 unspecified atom stereocenters. The molecule has 2 saturated heterocycles. The smallest absolute Gasteiger partial charge is 0.120 e. The average Bonchev–Trinajstić information content (AvgIpc) is 2.71. The summed E-state index contributed by atoms with van der Waals surface area (Å²) in [5.74, 6) is 0.854. The van der Waals surface area contributed by atoms with E-state index in [1.165, 1.54) is 19.3 Å². The number of anilines is 1. The van der Waals surface area contributed by atoms with Gasteiger partial charge in [0, 0.05) is 36.8 Å². The second-order valence-electron chi connectivity index (χ2n) is 6.03. The maximum absolute atomic E-state index is 5.91. The highest BCUT2D eigenvalue weighted by Crippen LogP contribution is 2.33. The van der Waals surface area contributed by atoms with Crippen LogP contribution in [0.1, 0.15) is 24.8 Å². The normalized spacial score (nSPS) is 25.7. The Labute approximate surface area is 131 Å². The van der Waals surface area contributed by atoms with Crippen LogP contribution in [0.2, 0.25) is 0 Å². The van der Waals surface area contributed by atoms with E-state index in [1.54, 1.807) is 7.11 Å². The van der Waals surface area contributed by atoms with E-state index in [0.717, 1.165) is 36.1 Å². The molecule has 0 saturated carbocycles. The summed E-state index contributed by atoms with van der Waals surface area (Å²) in [6, 6.07) is 7.31. The summed E-state index contributed by atoms with van der Waals surface area (Å²) >= 11 is 5.22. The molecule has 0 amide bonds. The van der Waals surface area contributed by atoms with Crippen LogP contribution in [-0.2, 0) is 0 Å². The first-order valence-corrected chi connectivity index (χ1v) is 7.95. The molecule has 0 spiro atoms. The zero-order chi connectivity index (χ0) is 15.0. The van der Waals surface area contributed by atoms with Crippen molar-refractivity contribution in [2.75, 3.05) is 32.1 Å². The van der Waals surface area contributed by atoms with Gasteiger partial charge in [-0.3, -0.25) is 4.90 Å². The Bertz CT molecular complexity index is 548. The van der Waals surface area contributed by atoms with Crippen LogP contribution in [-0.4, -0.2) is 49.2 Å². The van der Waals surface area contributed by atoms with E-state index in [-0.39, 0.29) is 0 Å². The molecule has 114 valence electrons. The van der Waals surface area contributed by atoms with E-state index < -0.39 is 0 Å². The minimum absolute atomic E-state index is 0.454. The Morgan fingerprint density at radius 1 is 1.29 bits per heavy atom. The van der Waals surface area contributed by atoms with Crippen molar-refractivity contribution in [2.45, 2.75) is 31.3 Å². The van der Waals surface area contributed by atoms with Crippen molar-refractivity contribution in [1.82, 2.24) is 4.90 Å². The molecule has 4 nitrogen and oxygen atoms in total. The van der Waals surface area contributed by atoms with Crippen molar-refractivity contribution >= 4 is 22.9 Å². The summed E-state index contributed by atoms with van der Waals surface area (Å²) in [4.78, 5) is 5.42. The van der Waals surface area contributed by atoms with Crippen LogP contribution in [0.15, 0.2) is 18.2 Å². The number of likely N-dealkylation sites (N-methyl/N-ethyl adjacent to an activating group) is 1. The minimum Gasteiger partial charge on any atom is -0.497 e. The molecule has 2 heterocycles. The van der Waals surface area contributed by atoms with Crippen molar-refractivity contribution in [3.8, 4) is 5.75 Å². The SMILES string of the molecule is COc1ccc(C(N)=S)c(N2CCC3CCC(C2)N3C)c1. The van der Waals surface area contributed by atoms with Crippen LogP contribution in [0.4, 0.5) is 5.69 Å². The largest absolute Gasteiger partial charge is 0.497 e. The van der Waals surface area contributed by atoms with Crippen LogP contribution in [0.3, 0.4) is 0 Å². The predicted molar refractivity (Wildman–Crippen MR) is 90.3 cm³/mol. The van der Waals surface area contributed by atoms with Crippen LogP contribution >= 0.6 is 12.2 Å². The molecule has 0 aliphatic carbocycles. The molecule has 2 fully saturated rings. The molecule has 0 radical (unpaired) electrons. The number of rotatable bonds is 3. The molecule has 1 aromatic rings. The van der Waals surface area contributed by atoms with Crippen LogP contribution in [0.5, 0.6) is 5.75 Å². The van der Waals surface area contributed by atoms with Gasteiger partial charge < -0.3 is 15.4 Å². The Hall–Kier alpha value is -1.33. The number of nitrogens with zero attached hydrogens (tertiary/aromatic N) is 2. The minimum atomic E-state index is 0.454. The summed E-state index contributed by atoms with van der Waals surface area (Å²) < 4.78 is 5.37. The summed E-state index contributed by atoms with van der Waals surface area (Å²) in [6.07, 6.45) is 3.81. The van der Waals surface area contributed by atoms with Crippen LogP contribution in [0, 0.1) is 0 Å². The monoisotopic (exact) mass is 305 g/mol. The van der Waals surface area contributed by atoms with Gasteiger partial charge in [-0.05, 0) is 38.4 Å². The van der Waals surface area contributed by atoms with Gasteiger partial charge in [0.05, 0.1) is 12.8 Å². The lowest BCUT2D eigenvalue weighted by Crippen LogP contribution is -2.37. The molecular weight excluding hydrogens is 282 g/mol. The summed E-state index contributed by atoms with van der Waals surface area (Å²) in [7, 11) is 3.95. The fourth-order valence-corrected chi connectivity index (χ4v) is 3.81. The van der Waals surface area contributed by atoms with Crippen molar-refractivity contribution in [3.63, 3.8) is 0 Å². The topological polar surface area (TPSA) is 41.7 Å². The van der Waals surface area contributed by atoms with E-state index in [4.69, 9.17) is 22.7 Å². The molecule has 0 aromatic heterocycles. The molecule has 1 aromatic carbocycles. The number of hydrogen-bond donors (Lipinski definition) is 1. The van der Waals surface area contributed by atoms with Gasteiger partial charge in [0.2, 0.25) is 0 Å². The lowest BCUT2D eigenvalue weighted by molar-refractivity contribution is 0.254. The Morgan fingerprint density at radius 2 is 2.05 bits per heavy atom. The molecule has 2 aliphatic rings. The number of benzene rings is 1. The lowest BCUT2D eigenvalue weighted by atomic mass is 10.1. The number of fused-ring (bicyclic) bond motifs is 2. The highest BCUT2D eigenvalue weighted by molar-refractivity contribution is 7.80. The number of thiocarbonyl (C=S) groups is 1. The van der Waals surface area contributed by atoms with E-state index in [0.29, 0.717) is 11.0 Å². The molecular formula is C16H23N3OS. The zero-order valence-corrected chi connectivity index (χ0v) is 13.5. The summed E-state index contributed by atoms with van der Waals surface area (Å²) in [5, 5.41) is 0. The number of hydrogen-bond acceptors (Lipinski definition) is 4. The van der Waals surface area contributed by atoms with Gasteiger partial charge >= 0.3 is 0 Å². The first-order valence-electron chi connectivity index (χ1n) is 7.55. The van der Waals surface area contributed by atoms with Gasteiger partial charge in [-0.2, -0.15) is 0 Å². The van der Waals surface area contributed by atoms with Gasteiger partial charge in [0.1, 0.15) is 10.7 Å². The van der Waals surface area contributed by atoms with Gasteiger partial charge in [-0.15, -0.1) is 0 Å². The van der Waals surface area contributed by atoms with Gasteiger partial charge in [-0.25, -0.2) is 0 Å². The fraction of sp³-hybridized carbons (Fsp3) is 0.562. The van der Waals surface area contributed by atoms with Crippen molar-refractivity contribution < 1.29 is 4.74 Å². The van der Waals surface area contributed by atoms with E-state index in [9.17, 15) is 0 Å². The Morgan fingerprint density at radius 3 is 2.76 bits per heavy atom. The quantitative estimate of drug-likeness (QED) is 0.865. The first kappa shape index (κ1) is 14.6. The third-order valence-corrected chi connectivity index (χ3v) is 5.18. The molecule has 2 N–H and O–H groups in total. The van der Waals surface area contributed by atoms with E-state index in [1.807, 2.05) is 12.1 Å². The van der Waals surface area contributed by atoms with Gasteiger partial charge in [-0.1, -0.05) is 12.2 Å². The standard InChI is InChI=1S/C16H23N3OS/c1-18-11-3-4-12(18)10-19(8-7-11)15-9-13(20-2)5-6-14(15)16(17)21/h5-6,9,11-12H,3-4,7-8,10H2,1-2H3,(H2,17,21). The molecule has 3 rings (SSSR count). The summed E-state index contributed by atoms with van der Waals surface area (Å²) in [5.41, 5.74) is 7.97. The van der Waals surface area contributed by atoms with Crippen molar-refractivity contribution in [3.05, 3.63) is 23.8 Å². The molecule has 2 atom stereocenters. The number of ether oxygens (including phenoxy) is 1. The second-order valence-corrected chi connectivity index (χ2v) is 6.47. The molecule has 21 heavy (non-hydrogen) atoms. The van der Waals surface area contributed by atoms with Crippen LogP contribution < -0.4 is 15.4 Å². The maximum Gasteiger partial charge on any atom is 0.120 e. The predicted octanol–water partition coefficient (Wildman–Crippen LogP) is 2.00. The third kappa shape index (κ3) is 2.72. The zero-order valence-electron chi connectivity index (χ0n) is 12.7. The first-order chi connectivity index (χ1) is 10.1. The average molecular weight is 305 g/mol. The lowest BCUT2D eigenvalue weighted by Gasteiger charge is -2.29. The van der Waals surface area contributed by atoms with Crippen molar-refractivity contribution in [1.29, 1.82) is 0 Å². The Balaban J connectivity index is 1.93. The highest BCUT2D eigenvalue weighted by atomic mass is 32.1. The number of nitrogens with two attached hydrogens (primary N) is 1. The van der Waals surface area contributed by atoms with Crippen molar-refractivity contribution in [2.24, 2.45) is 5.73 Å². The highest BCUT2D eigenvalue weighted by Gasteiger charge is 2.35. The molecule has 2 bridgehead atoms. The summed E-state index contributed by atoms with van der Waals surface area (Å²) in [6.45, 7) is 2.09. The number of methoxy groups -OCH3 is 1.